The molecule has 0 radical (unpaired) electrons. The van der Waals surface area contributed by atoms with Crippen LogP contribution >= 0.6 is 0 Å². The van der Waals surface area contributed by atoms with Crippen LogP contribution in [0.25, 0.3) is 0 Å². The second-order valence-electron chi connectivity index (χ2n) is 4.53. The fraction of sp³-hybridized carbons (Fsp3) is 0.500. The highest BCUT2D eigenvalue weighted by Gasteiger charge is 2.29. The first kappa shape index (κ1) is 11.9. The molecule has 5 heteroatoms. The zero-order valence-electron chi connectivity index (χ0n) is 10.1. The van der Waals surface area contributed by atoms with E-state index in [1.807, 2.05) is 37.3 Å². The Kier molecular flexibility index (Phi) is 3.28. The lowest BCUT2D eigenvalue weighted by molar-refractivity contribution is -0.139. The molecule has 0 bridgehead atoms. The number of aromatic nitrogens is 1. The van der Waals surface area contributed by atoms with Crippen molar-refractivity contribution in [3.05, 3.63) is 23.9 Å². The van der Waals surface area contributed by atoms with E-state index in [9.17, 15) is 4.79 Å². The van der Waals surface area contributed by atoms with Crippen molar-refractivity contribution in [2.75, 3.05) is 19.0 Å². The molecule has 0 aliphatic carbocycles. The first-order valence-electron chi connectivity index (χ1n) is 5.70. The number of hydrogen-bond acceptors (Lipinski definition) is 4. The highest BCUT2D eigenvalue weighted by molar-refractivity contribution is 5.73. The Balaban J connectivity index is 2.06. The van der Waals surface area contributed by atoms with Crippen molar-refractivity contribution in [1.82, 2.24) is 10.3 Å². The smallest absolute Gasteiger partial charge is 0.320 e. The molecule has 1 aliphatic heterocycles. The van der Waals surface area contributed by atoms with Crippen molar-refractivity contribution in [3.63, 3.8) is 0 Å². The number of nitrogens with one attached hydrogen (secondary N) is 1. The Morgan fingerprint density at radius 2 is 2.24 bits per heavy atom. The lowest BCUT2D eigenvalue weighted by Crippen LogP contribution is -2.31. The highest BCUT2D eigenvalue weighted by Crippen LogP contribution is 2.26. The molecule has 1 aromatic rings. The van der Waals surface area contributed by atoms with Gasteiger partial charge in [-0.2, -0.15) is 0 Å². The summed E-state index contributed by atoms with van der Waals surface area (Å²) in [5.41, 5.74) is 1.05. The van der Waals surface area contributed by atoms with Crippen LogP contribution in [0.5, 0.6) is 0 Å². The predicted octanol–water partition coefficient (Wildman–Crippen LogP) is 1.03. The summed E-state index contributed by atoms with van der Waals surface area (Å²) in [6.45, 7) is 0. The Morgan fingerprint density at radius 3 is 2.71 bits per heavy atom. The standard InChI is InChI=1S/C12H17N3O2/c1-15(2)11-6-3-8(7-13-11)9-4-5-10(14-9)12(16)17/h3,6-7,9-10,14H,4-5H2,1-2H3,(H,16,17). The average Bonchev–Trinajstić information content (AvgIpc) is 2.78. The monoisotopic (exact) mass is 235 g/mol. The van der Waals surface area contributed by atoms with Crippen molar-refractivity contribution in [2.45, 2.75) is 24.9 Å². The fourth-order valence-electron chi connectivity index (χ4n) is 2.07. The first-order chi connectivity index (χ1) is 8.08. The third-order valence-electron chi connectivity index (χ3n) is 3.08. The molecule has 0 saturated carbocycles. The summed E-state index contributed by atoms with van der Waals surface area (Å²) < 4.78 is 0. The molecule has 0 aromatic carbocycles. The third-order valence-corrected chi connectivity index (χ3v) is 3.08. The lowest BCUT2D eigenvalue weighted by Gasteiger charge is -2.15. The lowest BCUT2D eigenvalue weighted by atomic mass is 10.1. The number of nitrogens with zero attached hydrogens (tertiary/aromatic N) is 2. The van der Waals surface area contributed by atoms with Gasteiger partial charge < -0.3 is 10.0 Å². The summed E-state index contributed by atoms with van der Waals surface area (Å²) >= 11 is 0. The van der Waals surface area contributed by atoms with Crippen molar-refractivity contribution in [3.8, 4) is 0 Å². The van der Waals surface area contributed by atoms with E-state index < -0.39 is 12.0 Å². The maximum atomic E-state index is 10.8. The van der Waals surface area contributed by atoms with E-state index >= 15 is 0 Å². The van der Waals surface area contributed by atoms with Gasteiger partial charge in [-0.15, -0.1) is 0 Å². The molecular weight excluding hydrogens is 218 g/mol. The average molecular weight is 235 g/mol. The predicted molar refractivity (Wildman–Crippen MR) is 65.1 cm³/mol. The number of carbonyl (C=O) groups is 1. The molecule has 2 unspecified atom stereocenters. The molecule has 17 heavy (non-hydrogen) atoms. The summed E-state index contributed by atoms with van der Waals surface area (Å²) in [6, 6.07) is 3.64. The summed E-state index contributed by atoms with van der Waals surface area (Å²) in [7, 11) is 3.88. The molecule has 5 nitrogen and oxygen atoms in total. The van der Waals surface area contributed by atoms with Gasteiger partial charge in [0.25, 0.3) is 0 Å². The van der Waals surface area contributed by atoms with Crippen molar-refractivity contribution >= 4 is 11.8 Å². The van der Waals surface area contributed by atoms with Crippen LogP contribution < -0.4 is 10.2 Å². The molecule has 1 fully saturated rings. The van der Waals surface area contributed by atoms with Crippen LogP contribution in [0.15, 0.2) is 18.3 Å². The normalized spacial score (nSPS) is 23.6. The van der Waals surface area contributed by atoms with E-state index in [1.54, 1.807) is 0 Å². The van der Waals surface area contributed by atoms with Crippen molar-refractivity contribution in [2.24, 2.45) is 0 Å². The maximum absolute atomic E-state index is 10.8. The largest absolute Gasteiger partial charge is 0.480 e. The first-order valence-corrected chi connectivity index (χ1v) is 5.70. The SMILES string of the molecule is CN(C)c1ccc(C2CCC(C(=O)O)N2)cn1. The Hall–Kier alpha value is -1.62. The van der Waals surface area contributed by atoms with E-state index in [2.05, 4.69) is 10.3 Å². The second kappa shape index (κ2) is 4.71. The molecule has 1 aromatic heterocycles. The van der Waals surface area contributed by atoms with Gasteiger partial charge in [0.05, 0.1) is 0 Å². The van der Waals surface area contributed by atoms with Crippen LogP contribution in [0.2, 0.25) is 0 Å². The number of hydrogen-bond donors (Lipinski definition) is 2. The molecule has 2 rings (SSSR count). The molecule has 1 saturated heterocycles. The third kappa shape index (κ3) is 2.55. The van der Waals surface area contributed by atoms with Gasteiger partial charge in [0.2, 0.25) is 0 Å². The number of rotatable bonds is 3. The van der Waals surface area contributed by atoms with Crippen LogP contribution in [0, 0.1) is 0 Å². The van der Waals surface area contributed by atoms with Gasteiger partial charge in [-0.05, 0) is 24.5 Å². The van der Waals surface area contributed by atoms with Gasteiger partial charge >= 0.3 is 5.97 Å². The Bertz CT molecular complexity index is 403. The van der Waals surface area contributed by atoms with Crippen LogP contribution in [0.4, 0.5) is 5.82 Å². The van der Waals surface area contributed by atoms with Crippen LogP contribution in [-0.4, -0.2) is 36.2 Å². The van der Waals surface area contributed by atoms with E-state index in [-0.39, 0.29) is 6.04 Å². The number of carboxylic acids is 1. The van der Waals surface area contributed by atoms with E-state index in [0.717, 1.165) is 17.8 Å². The van der Waals surface area contributed by atoms with Crippen molar-refractivity contribution in [1.29, 1.82) is 0 Å². The molecule has 1 aliphatic rings. The minimum atomic E-state index is -0.773. The minimum Gasteiger partial charge on any atom is -0.480 e. The van der Waals surface area contributed by atoms with Gasteiger partial charge in [-0.25, -0.2) is 4.98 Å². The molecule has 2 N–H and O–H groups in total. The Morgan fingerprint density at radius 1 is 1.47 bits per heavy atom. The van der Waals surface area contributed by atoms with Crippen molar-refractivity contribution < 1.29 is 9.90 Å². The van der Waals surface area contributed by atoms with Gasteiger partial charge in [-0.1, -0.05) is 6.07 Å². The molecule has 2 atom stereocenters. The molecular formula is C12H17N3O2. The van der Waals surface area contributed by atoms with Gasteiger partial charge in [0.15, 0.2) is 0 Å². The molecule has 92 valence electrons. The van der Waals surface area contributed by atoms with Gasteiger partial charge in [-0.3, -0.25) is 10.1 Å². The highest BCUT2D eigenvalue weighted by atomic mass is 16.4. The minimum absolute atomic E-state index is 0.111. The summed E-state index contributed by atoms with van der Waals surface area (Å²) in [6.07, 6.45) is 3.34. The molecule has 0 amide bonds. The maximum Gasteiger partial charge on any atom is 0.320 e. The van der Waals surface area contributed by atoms with Crippen LogP contribution in [0.3, 0.4) is 0 Å². The summed E-state index contributed by atoms with van der Waals surface area (Å²) in [5, 5.41) is 12.0. The molecule has 0 spiro atoms. The number of aliphatic carboxylic acids is 1. The topological polar surface area (TPSA) is 65.5 Å². The number of anilines is 1. The summed E-state index contributed by atoms with van der Waals surface area (Å²) in [5.74, 6) is 0.131. The second-order valence-corrected chi connectivity index (χ2v) is 4.53. The molecule has 2 heterocycles. The number of pyridine rings is 1. The van der Waals surface area contributed by atoms with Crippen LogP contribution in [-0.2, 0) is 4.79 Å². The zero-order valence-corrected chi connectivity index (χ0v) is 10.1. The van der Waals surface area contributed by atoms with E-state index in [4.69, 9.17) is 5.11 Å². The van der Waals surface area contributed by atoms with Gasteiger partial charge in [0, 0.05) is 26.3 Å². The quantitative estimate of drug-likeness (QED) is 0.819. The van der Waals surface area contributed by atoms with Crippen LogP contribution in [0.1, 0.15) is 24.4 Å². The zero-order chi connectivity index (χ0) is 12.4. The summed E-state index contributed by atoms with van der Waals surface area (Å²) in [4.78, 5) is 17.1. The number of carboxylic acid groups (broad SMARTS) is 1. The fourth-order valence-corrected chi connectivity index (χ4v) is 2.07. The van der Waals surface area contributed by atoms with E-state index in [0.29, 0.717) is 6.42 Å². The van der Waals surface area contributed by atoms with E-state index in [1.165, 1.54) is 0 Å². The Labute approximate surface area is 100 Å². The van der Waals surface area contributed by atoms with Gasteiger partial charge in [0.1, 0.15) is 11.9 Å².